The third kappa shape index (κ3) is 4.05. The maximum absolute atomic E-state index is 12.0. The first-order valence-corrected chi connectivity index (χ1v) is 9.61. The lowest BCUT2D eigenvalue weighted by atomic mass is 10.1. The van der Waals surface area contributed by atoms with Crippen LogP contribution in [0, 0.1) is 0 Å². The van der Waals surface area contributed by atoms with Crippen LogP contribution in [0.5, 0.6) is 0 Å². The largest absolute Gasteiger partial charge is 0.375 e. The lowest BCUT2D eigenvalue weighted by molar-refractivity contribution is -0.135. The van der Waals surface area contributed by atoms with Gasteiger partial charge in [-0.3, -0.25) is 9.69 Å². The fourth-order valence-electron chi connectivity index (χ4n) is 3.67. The molecule has 7 nitrogen and oxygen atoms in total. The zero-order chi connectivity index (χ0) is 19.3. The third-order valence-corrected chi connectivity index (χ3v) is 5.11. The molecule has 28 heavy (non-hydrogen) atoms. The van der Waals surface area contributed by atoms with Crippen molar-refractivity contribution in [1.29, 1.82) is 0 Å². The summed E-state index contributed by atoms with van der Waals surface area (Å²) in [4.78, 5) is 21.0. The molecule has 1 amide bonds. The average molecular weight is 379 g/mol. The maximum Gasteiger partial charge on any atom is 0.248 e. The fraction of sp³-hybridized carbons (Fsp3) is 0.381. The van der Waals surface area contributed by atoms with Crippen LogP contribution < -0.4 is 0 Å². The number of carbonyl (C=O) groups excluding carboxylic acids is 1. The zero-order valence-electron chi connectivity index (χ0n) is 16.1. The Morgan fingerprint density at radius 3 is 2.79 bits per heavy atom. The van der Waals surface area contributed by atoms with Crippen molar-refractivity contribution in [2.24, 2.45) is 0 Å². The number of nitrogens with zero attached hydrogens (tertiary/aromatic N) is 5. The average Bonchev–Trinajstić information content (AvgIpc) is 2.99. The number of hydrogen-bond donors (Lipinski definition) is 0. The number of ether oxygens (including phenoxy) is 1. The Morgan fingerprint density at radius 2 is 1.96 bits per heavy atom. The Labute approximate surface area is 164 Å². The molecule has 0 atom stereocenters. The van der Waals surface area contributed by atoms with E-state index in [1.54, 1.807) is 7.11 Å². The molecule has 3 heterocycles. The van der Waals surface area contributed by atoms with Crippen LogP contribution in [-0.4, -0.2) is 70.2 Å². The number of hydrogen-bond acceptors (Lipinski definition) is 5. The van der Waals surface area contributed by atoms with E-state index in [-0.39, 0.29) is 12.5 Å². The van der Waals surface area contributed by atoms with Gasteiger partial charge in [0.15, 0.2) is 5.65 Å². The number of benzene rings is 1. The van der Waals surface area contributed by atoms with E-state index in [1.165, 1.54) is 0 Å². The van der Waals surface area contributed by atoms with Gasteiger partial charge < -0.3 is 9.64 Å². The molecule has 2 aromatic heterocycles. The van der Waals surface area contributed by atoms with Crippen molar-refractivity contribution >= 4 is 11.6 Å². The highest BCUT2D eigenvalue weighted by Gasteiger charge is 2.19. The highest BCUT2D eigenvalue weighted by atomic mass is 16.5. The summed E-state index contributed by atoms with van der Waals surface area (Å²) in [7, 11) is 1.56. The standard InChI is InChI=1S/C21H25N5O2/c1-28-16-20(27)25-9-5-8-24(10-11-25)14-17-12-22-21-19(13-23-26(21)15-17)18-6-3-2-4-7-18/h2-4,6-7,12-13,15H,5,8-11,14,16H2,1H3. The summed E-state index contributed by atoms with van der Waals surface area (Å²) in [5.74, 6) is 0.0671. The van der Waals surface area contributed by atoms with Crippen LogP contribution in [0.15, 0.2) is 48.9 Å². The van der Waals surface area contributed by atoms with E-state index in [2.05, 4.69) is 27.1 Å². The molecule has 0 aliphatic carbocycles. The van der Waals surface area contributed by atoms with Crippen LogP contribution in [0.25, 0.3) is 16.8 Å². The minimum absolute atomic E-state index is 0.0671. The second kappa shape index (κ2) is 8.50. The highest BCUT2D eigenvalue weighted by Crippen LogP contribution is 2.23. The molecule has 0 radical (unpaired) electrons. The summed E-state index contributed by atoms with van der Waals surface area (Å²) in [6, 6.07) is 10.2. The summed E-state index contributed by atoms with van der Waals surface area (Å²) in [5.41, 5.74) is 4.13. The van der Waals surface area contributed by atoms with Gasteiger partial charge in [-0.15, -0.1) is 0 Å². The molecule has 1 fully saturated rings. The smallest absolute Gasteiger partial charge is 0.248 e. The van der Waals surface area contributed by atoms with Crippen molar-refractivity contribution in [3.8, 4) is 11.1 Å². The van der Waals surface area contributed by atoms with Crippen LogP contribution in [0.4, 0.5) is 0 Å². The van der Waals surface area contributed by atoms with Crippen LogP contribution >= 0.6 is 0 Å². The molecule has 0 unspecified atom stereocenters. The predicted molar refractivity (Wildman–Crippen MR) is 107 cm³/mol. The molecule has 4 rings (SSSR count). The van der Waals surface area contributed by atoms with E-state index < -0.39 is 0 Å². The van der Waals surface area contributed by atoms with E-state index in [1.807, 2.05) is 46.2 Å². The van der Waals surface area contributed by atoms with Crippen molar-refractivity contribution < 1.29 is 9.53 Å². The van der Waals surface area contributed by atoms with Gasteiger partial charge in [-0.2, -0.15) is 5.10 Å². The molecule has 3 aromatic rings. The minimum Gasteiger partial charge on any atom is -0.375 e. The van der Waals surface area contributed by atoms with E-state index in [9.17, 15) is 4.79 Å². The second-order valence-corrected chi connectivity index (χ2v) is 7.10. The molecular formula is C21H25N5O2. The lowest BCUT2D eigenvalue weighted by Crippen LogP contribution is -2.37. The fourth-order valence-corrected chi connectivity index (χ4v) is 3.67. The van der Waals surface area contributed by atoms with Gasteiger partial charge in [0.05, 0.1) is 6.20 Å². The molecule has 0 N–H and O–H groups in total. The number of rotatable bonds is 5. The summed E-state index contributed by atoms with van der Waals surface area (Å²) in [5, 5.41) is 4.49. The number of amides is 1. The first-order chi connectivity index (χ1) is 13.7. The summed E-state index contributed by atoms with van der Waals surface area (Å²) < 4.78 is 6.82. The van der Waals surface area contributed by atoms with E-state index in [0.717, 1.165) is 61.5 Å². The topological polar surface area (TPSA) is 63.0 Å². The van der Waals surface area contributed by atoms with E-state index >= 15 is 0 Å². The Balaban J connectivity index is 1.45. The molecule has 1 saturated heterocycles. The summed E-state index contributed by atoms with van der Waals surface area (Å²) >= 11 is 0. The molecule has 1 aromatic carbocycles. The van der Waals surface area contributed by atoms with Crippen LogP contribution in [0.3, 0.4) is 0 Å². The van der Waals surface area contributed by atoms with E-state index in [4.69, 9.17) is 4.74 Å². The van der Waals surface area contributed by atoms with Gasteiger partial charge in [0, 0.05) is 63.4 Å². The monoisotopic (exact) mass is 379 g/mol. The van der Waals surface area contributed by atoms with Crippen molar-refractivity contribution in [3.05, 3.63) is 54.5 Å². The Morgan fingerprint density at radius 1 is 1.11 bits per heavy atom. The minimum atomic E-state index is 0.0671. The Bertz CT molecular complexity index is 940. The van der Waals surface area contributed by atoms with Gasteiger partial charge in [0.25, 0.3) is 0 Å². The second-order valence-electron chi connectivity index (χ2n) is 7.10. The number of aromatic nitrogens is 3. The van der Waals surface area contributed by atoms with E-state index in [0.29, 0.717) is 0 Å². The van der Waals surface area contributed by atoms with Crippen LogP contribution in [0.1, 0.15) is 12.0 Å². The molecule has 1 aliphatic rings. The number of methoxy groups -OCH3 is 1. The Hall–Kier alpha value is -2.77. The third-order valence-electron chi connectivity index (χ3n) is 5.11. The highest BCUT2D eigenvalue weighted by molar-refractivity contribution is 5.77. The van der Waals surface area contributed by atoms with Crippen molar-refractivity contribution in [2.45, 2.75) is 13.0 Å². The Kier molecular flexibility index (Phi) is 5.64. The molecule has 1 aliphatic heterocycles. The van der Waals surface area contributed by atoms with Crippen molar-refractivity contribution in [1.82, 2.24) is 24.4 Å². The first-order valence-electron chi connectivity index (χ1n) is 9.61. The molecule has 0 spiro atoms. The number of carbonyl (C=O) groups is 1. The van der Waals surface area contributed by atoms with Crippen molar-refractivity contribution in [3.63, 3.8) is 0 Å². The van der Waals surface area contributed by atoms with Gasteiger partial charge >= 0.3 is 0 Å². The van der Waals surface area contributed by atoms with Gasteiger partial charge in [0.2, 0.25) is 5.91 Å². The predicted octanol–water partition coefficient (Wildman–Crippen LogP) is 2.08. The quantitative estimate of drug-likeness (QED) is 0.679. The molecule has 0 bridgehead atoms. The lowest BCUT2D eigenvalue weighted by Gasteiger charge is -2.21. The first kappa shape index (κ1) is 18.6. The van der Waals surface area contributed by atoms with Crippen LogP contribution in [0.2, 0.25) is 0 Å². The van der Waals surface area contributed by atoms with Gasteiger partial charge in [0.1, 0.15) is 6.61 Å². The number of fused-ring (bicyclic) bond motifs is 1. The normalized spacial score (nSPS) is 15.7. The summed E-state index contributed by atoms with van der Waals surface area (Å²) in [6.07, 6.45) is 6.81. The molecule has 0 saturated carbocycles. The van der Waals surface area contributed by atoms with Gasteiger partial charge in [-0.25, -0.2) is 9.50 Å². The summed E-state index contributed by atoms with van der Waals surface area (Å²) in [6.45, 7) is 4.29. The zero-order valence-corrected chi connectivity index (χ0v) is 16.1. The molecular weight excluding hydrogens is 354 g/mol. The van der Waals surface area contributed by atoms with Crippen molar-refractivity contribution in [2.75, 3.05) is 39.9 Å². The van der Waals surface area contributed by atoms with Gasteiger partial charge in [-0.1, -0.05) is 30.3 Å². The SMILES string of the molecule is COCC(=O)N1CCCN(Cc2cnc3c(-c4ccccc4)cnn3c2)CC1. The molecule has 146 valence electrons. The van der Waals surface area contributed by atoms with Crippen LogP contribution in [-0.2, 0) is 16.1 Å². The van der Waals surface area contributed by atoms with Gasteiger partial charge in [-0.05, 0) is 12.0 Å². The maximum atomic E-state index is 12.0. The molecule has 7 heteroatoms.